The fraction of sp³-hybridized carbons (Fsp3) is 0.357. The molecular weight excluding hydrogens is 214 g/mol. The summed E-state index contributed by atoms with van der Waals surface area (Å²) in [6, 6.07) is 9.54. The minimum absolute atomic E-state index is 0.208. The van der Waals surface area contributed by atoms with Gasteiger partial charge < -0.3 is 4.74 Å². The quantitative estimate of drug-likeness (QED) is 0.743. The normalized spacial score (nSPS) is 13.2. The molecule has 17 heavy (non-hydrogen) atoms. The van der Waals surface area contributed by atoms with Gasteiger partial charge in [0.1, 0.15) is 6.61 Å². The molecule has 1 atom stereocenters. The zero-order valence-electron chi connectivity index (χ0n) is 10.3. The van der Waals surface area contributed by atoms with Crippen LogP contribution in [0.1, 0.15) is 25.8 Å². The lowest BCUT2D eigenvalue weighted by atomic mass is 10.0. The van der Waals surface area contributed by atoms with Crippen LogP contribution in [0.15, 0.2) is 35.3 Å². The topological polar surface area (TPSA) is 38.7 Å². The van der Waals surface area contributed by atoms with Crippen molar-refractivity contribution in [1.82, 2.24) is 0 Å². The van der Waals surface area contributed by atoms with Crippen LogP contribution in [0.5, 0.6) is 0 Å². The third-order valence-corrected chi connectivity index (χ3v) is 2.62. The summed E-state index contributed by atoms with van der Waals surface area (Å²) in [6.07, 6.45) is 0.188. The predicted molar refractivity (Wildman–Crippen MR) is 68.9 cm³/mol. The molecular formula is C14H18NO2. The predicted octanol–water partition coefficient (Wildman–Crippen LogP) is 3.64. The standard InChI is InChI=1S/C14H18NO2/c1-4-11(2)12(3)15-14(16)17-10-13-8-6-5-7-9-13/h5-9,11H,1,4,10H2,2-3H3. The summed E-state index contributed by atoms with van der Waals surface area (Å²) in [5.74, 6) is 0.208. The van der Waals surface area contributed by atoms with E-state index >= 15 is 0 Å². The molecule has 0 saturated heterocycles. The molecule has 1 radical (unpaired) electrons. The Hall–Kier alpha value is -1.64. The summed E-state index contributed by atoms with van der Waals surface area (Å²) < 4.78 is 5.05. The molecule has 3 nitrogen and oxygen atoms in total. The van der Waals surface area contributed by atoms with Gasteiger partial charge in [0.2, 0.25) is 0 Å². The zero-order chi connectivity index (χ0) is 12.7. The van der Waals surface area contributed by atoms with E-state index in [2.05, 4.69) is 11.9 Å². The Morgan fingerprint density at radius 3 is 2.65 bits per heavy atom. The molecule has 0 aliphatic carbocycles. The molecule has 0 N–H and O–H groups in total. The molecule has 0 heterocycles. The maximum Gasteiger partial charge on any atom is 0.433 e. The fourth-order valence-corrected chi connectivity index (χ4v) is 1.21. The van der Waals surface area contributed by atoms with Gasteiger partial charge in [-0.3, -0.25) is 0 Å². The van der Waals surface area contributed by atoms with Gasteiger partial charge in [0.15, 0.2) is 0 Å². The molecule has 0 spiro atoms. The van der Waals surface area contributed by atoms with E-state index in [9.17, 15) is 4.79 Å². The van der Waals surface area contributed by atoms with Crippen molar-refractivity contribution in [1.29, 1.82) is 0 Å². The van der Waals surface area contributed by atoms with Crippen LogP contribution in [0, 0.1) is 12.8 Å². The fourth-order valence-electron chi connectivity index (χ4n) is 1.21. The molecule has 0 fully saturated rings. The highest BCUT2D eigenvalue weighted by atomic mass is 16.5. The number of hydrogen-bond acceptors (Lipinski definition) is 2. The molecule has 0 bridgehead atoms. The van der Waals surface area contributed by atoms with Crippen molar-refractivity contribution in [2.24, 2.45) is 10.9 Å². The van der Waals surface area contributed by atoms with Crippen molar-refractivity contribution in [2.75, 3.05) is 0 Å². The van der Waals surface area contributed by atoms with Gasteiger partial charge in [0.25, 0.3) is 0 Å². The highest BCUT2D eigenvalue weighted by Crippen LogP contribution is 2.05. The van der Waals surface area contributed by atoms with Crippen LogP contribution in [0.3, 0.4) is 0 Å². The molecule has 1 aromatic carbocycles. The van der Waals surface area contributed by atoms with E-state index in [4.69, 9.17) is 4.74 Å². The molecule has 0 aromatic heterocycles. The third-order valence-electron chi connectivity index (χ3n) is 2.62. The number of aliphatic imine (C=N–C) groups is 1. The third kappa shape index (κ3) is 4.81. The highest BCUT2D eigenvalue weighted by Gasteiger charge is 2.06. The Morgan fingerprint density at radius 1 is 1.41 bits per heavy atom. The van der Waals surface area contributed by atoms with Crippen molar-refractivity contribution >= 4 is 11.8 Å². The Bertz CT molecular complexity index is 384. The first-order valence-electron chi connectivity index (χ1n) is 5.68. The number of rotatable bonds is 4. The lowest BCUT2D eigenvalue weighted by Crippen LogP contribution is -2.09. The molecule has 1 aromatic rings. The van der Waals surface area contributed by atoms with E-state index in [1.54, 1.807) is 0 Å². The van der Waals surface area contributed by atoms with E-state index in [1.165, 1.54) is 0 Å². The van der Waals surface area contributed by atoms with Crippen molar-refractivity contribution in [2.45, 2.75) is 26.9 Å². The van der Waals surface area contributed by atoms with Gasteiger partial charge in [0.05, 0.1) is 0 Å². The van der Waals surface area contributed by atoms with Crippen molar-refractivity contribution in [3.8, 4) is 0 Å². The Labute approximate surface area is 103 Å². The van der Waals surface area contributed by atoms with Crippen LogP contribution in [-0.2, 0) is 11.3 Å². The largest absolute Gasteiger partial charge is 0.443 e. The number of carbonyl (C=O) groups excluding carboxylic acids is 1. The molecule has 0 aliphatic rings. The summed E-state index contributed by atoms with van der Waals surface area (Å²) in [5, 5.41) is 0. The Kier molecular flexibility index (Phi) is 5.40. The maximum absolute atomic E-state index is 11.4. The molecule has 3 heteroatoms. The van der Waals surface area contributed by atoms with E-state index in [1.807, 2.05) is 44.2 Å². The summed E-state index contributed by atoms with van der Waals surface area (Å²) in [5.41, 5.74) is 1.72. The van der Waals surface area contributed by atoms with Crippen LogP contribution in [0.4, 0.5) is 4.79 Å². The first-order chi connectivity index (χ1) is 8.13. The second-order valence-corrected chi connectivity index (χ2v) is 3.98. The number of benzene rings is 1. The van der Waals surface area contributed by atoms with Gasteiger partial charge in [-0.2, -0.15) is 4.99 Å². The number of ether oxygens (including phenoxy) is 1. The van der Waals surface area contributed by atoms with Crippen molar-refractivity contribution in [3.63, 3.8) is 0 Å². The van der Waals surface area contributed by atoms with E-state index in [0.29, 0.717) is 0 Å². The summed E-state index contributed by atoms with van der Waals surface area (Å²) in [7, 11) is 0. The minimum Gasteiger partial charge on any atom is -0.443 e. The Morgan fingerprint density at radius 2 is 2.06 bits per heavy atom. The van der Waals surface area contributed by atoms with Crippen LogP contribution < -0.4 is 0 Å². The number of hydrogen-bond donors (Lipinski definition) is 0. The van der Waals surface area contributed by atoms with Crippen molar-refractivity contribution < 1.29 is 9.53 Å². The van der Waals surface area contributed by atoms with Gasteiger partial charge in [-0.05, 0) is 24.8 Å². The molecule has 91 valence electrons. The molecule has 1 unspecified atom stereocenters. The average Bonchev–Trinajstić information content (AvgIpc) is 2.36. The number of amides is 1. The van der Waals surface area contributed by atoms with E-state index in [-0.39, 0.29) is 12.5 Å². The van der Waals surface area contributed by atoms with Crippen LogP contribution in [0.25, 0.3) is 0 Å². The van der Waals surface area contributed by atoms with E-state index in [0.717, 1.165) is 17.7 Å². The lowest BCUT2D eigenvalue weighted by Gasteiger charge is -2.07. The number of nitrogens with zero attached hydrogens (tertiary/aromatic N) is 1. The second-order valence-electron chi connectivity index (χ2n) is 3.98. The monoisotopic (exact) mass is 232 g/mol. The zero-order valence-corrected chi connectivity index (χ0v) is 10.3. The lowest BCUT2D eigenvalue weighted by molar-refractivity contribution is 0.150. The van der Waals surface area contributed by atoms with E-state index < -0.39 is 6.09 Å². The summed E-state index contributed by atoms with van der Waals surface area (Å²) in [6.45, 7) is 7.84. The van der Waals surface area contributed by atoms with Crippen LogP contribution in [0.2, 0.25) is 0 Å². The smallest absolute Gasteiger partial charge is 0.433 e. The maximum atomic E-state index is 11.4. The van der Waals surface area contributed by atoms with Gasteiger partial charge in [-0.1, -0.05) is 44.2 Å². The second kappa shape index (κ2) is 6.84. The first-order valence-corrected chi connectivity index (χ1v) is 5.68. The van der Waals surface area contributed by atoms with Crippen molar-refractivity contribution in [3.05, 3.63) is 42.8 Å². The molecule has 0 aliphatic heterocycles. The van der Waals surface area contributed by atoms with Gasteiger partial charge >= 0.3 is 6.09 Å². The van der Waals surface area contributed by atoms with Crippen LogP contribution in [-0.4, -0.2) is 11.8 Å². The van der Waals surface area contributed by atoms with Crippen LogP contribution >= 0.6 is 0 Å². The van der Waals surface area contributed by atoms with Gasteiger partial charge in [-0.15, -0.1) is 0 Å². The highest BCUT2D eigenvalue weighted by molar-refractivity contribution is 5.92. The average molecular weight is 232 g/mol. The summed E-state index contributed by atoms with van der Waals surface area (Å²) >= 11 is 0. The van der Waals surface area contributed by atoms with Gasteiger partial charge in [-0.25, -0.2) is 4.79 Å². The number of carbonyl (C=O) groups is 1. The first kappa shape index (κ1) is 13.4. The van der Waals surface area contributed by atoms with Gasteiger partial charge in [0, 0.05) is 5.71 Å². The summed E-state index contributed by atoms with van der Waals surface area (Å²) in [4.78, 5) is 15.3. The molecule has 1 rings (SSSR count). The molecule has 0 saturated carbocycles. The SMILES string of the molecule is [CH2]CC(C)C(C)=NC(=O)OCc1ccccc1. The molecule has 1 amide bonds. The Balaban J connectivity index is 2.45. The minimum atomic E-state index is -0.536.